The van der Waals surface area contributed by atoms with Crippen LogP contribution in [0, 0.1) is 0 Å². The molecule has 1 amide bonds. The minimum absolute atomic E-state index is 0. The molecule has 1 aromatic heterocycles. The van der Waals surface area contributed by atoms with Crippen LogP contribution < -0.4 is 5.32 Å². The minimum atomic E-state index is 0. The smallest absolute Gasteiger partial charge is 0.230 e. The Morgan fingerprint density at radius 2 is 2.17 bits per heavy atom. The number of imidazole rings is 1. The first-order chi connectivity index (χ1) is 11.3. The van der Waals surface area contributed by atoms with E-state index in [1.165, 1.54) is 11.1 Å². The summed E-state index contributed by atoms with van der Waals surface area (Å²) in [6.07, 6.45) is 5.68. The average Bonchev–Trinajstić information content (AvgIpc) is 3.20. The first kappa shape index (κ1) is 17.0. The van der Waals surface area contributed by atoms with Gasteiger partial charge in [0.25, 0.3) is 0 Å². The van der Waals surface area contributed by atoms with Gasteiger partial charge in [-0.1, -0.05) is 24.3 Å². The number of aromatic nitrogens is 2. The molecule has 24 heavy (non-hydrogen) atoms. The van der Waals surface area contributed by atoms with Crippen LogP contribution in [0.2, 0.25) is 0 Å². The highest BCUT2D eigenvalue weighted by atomic mass is 35.5. The molecule has 1 saturated heterocycles. The third-order valence-electron chi connectivity index (χ3n) is 5.11. The minimum Gasteiger partial charge on any atom is -0.336 e. The van der Waals surface area contributed by atoms with Crippen molar-refractivity contribution in [2.45, 2.75) is 24.8 Å². The van der Waals surface area contributed by atoms with E-state index in [0.717, 1.165) is 38.3 Å². The van der Waals surface area contributed by atoms with Crippen molar-refractivity contribution in [2.24, 2.45) is 7.05 Å². The number of piperazine rings is 1. The number of halogens is 1. The molecular formula is C18H23ClN4O. The fourth-order valence-corrected chi connectivity index (χ4v) is 3.91. The summed E-state index contributed by atoms with van der Waals surface area (Å²) in [6, 6.07) is 8.38. The van der Waals surface area contributed by atoms with E-state index in [1.807, 2.05) is 28.8 Å². The van der Waals surface area contributed by atoms with Crippen LogP contribution in [0.1, 0.15) is 35.3 Å². The van der Waals surface area contributed by atoms with Gasteiger partial charge in [0.1, 0.15) is 11.9 Å². The normalized spacial score (nSPS) is 22.8. The van der Waals surface area contributed by atoms with Crippen molar-refractivity contribution in [2.75, 3.05) is 19.6 Å². The summed E-state index contributed by atoms with van der Waals surface area (Å²) in [4.78, 5) is 19.7. The van der Waals surface area contributed by atoms with E-state index in [0.29, 0.717) is 0 Å². The van der Waals surface area contributed by atoms with E-state index in [2.05, 4.69) is 28.5 Å². The fraction of sp³-hybridized carbons (Fsp3) is 0.444. The van der Waals surface area contributed by atoms with Crippen molar-refractivity contribution in [1.82, 2.24) is 19.8 Å². The van der Waals surface area contributed by atoms with Crippen molar-refractivity contribution >= 4 is 18.3 Å². The third-order valence-corrected chi connectivity index (χ3v) is 5.11. The van der Waals surface area contributed by atoms with Crippen molar-refractivity contribution in [3.05, 3.63) is 53.6 Å². The molecule has 5 nitrogen and oxygen atoms in total. The summed E-state index contributed by atoms with van der Waals surface area (Å²) >= 11 is 0. The maximum Gasteiger partial charge on any atom is 0.230 e. The number of benzene rings is 1. The number of hydrogen-bond acceptors (Lipinski definition) is 3. The lowest BCUT2D eigenvalue weighted by molar-refractivity contribution is -0.136. The summed E-state index contributed by atoms with van der Waals surface area (Å²) in [7, 11) is 1.99. The first-order valence-electron chi connectivity index (χ1n) is 8.32. The number of amides is 1. The van der Waals surface area contributed by atoms with Gasteiger partial charge in [0.05, 0.1) is 5.92 Å². The Morgan fingerprint density at radius 3 is 2.96 bits per heavy atom. The van der Waals surface area contributed by atoms with Crippen LogP contribution in [0.5, 0.6) is 0 Å². The van der Waals surface area contributed by atoms with Crippen LogP contribution in [0.3, 0.4) is 0 Å². The lowest BCUT2D eigenvalue weighted by Gasteiger charge is -2.37. The van der Waals surface area contributed by atoms with Crippen molar-refractivity contribution in [1.29, 1.82) is 0 Å². The van der Waals surface area contributed by atoms with Crippen LogP contribution in [0.4, 0.5) is 0 Å². The van der Waals surface area contributed by atoms with E-state index < -0.39 is 0 Å². The number of rotatable bonds is 2. The molecule has 2 unspecified atom stereocenters. The third kappa shape index (κ3) is 2.82. The molecule has 2 atom stereocenters. The Labute approximate surface area is 148 Å². The summed E-state index contributed by atoms with van der Waals surface area (Å²) in [6.45, 7) is 2.36. The van der Waals surface area contributed by atoms with Crippen LogP contribution >= 0.6 is 12.4 Å². The molecule has 1 aliphatic heterocycles. The van der Waals surface area contributed by atoms with Gasteiger partial charge in [-0.3, -0.25) is 4.79 Å². The monoisotopic (exact) mass is 346 g/mol. The highest BCUT2D eigenvalue weighted by Crippen LogP contribution is 2.36. The predicted octanol–water partition coefficient (Wildman–Crippen LogP) is 2.04. The molecule has 0 radical (unpaired) electrons. The first-order valence-corrected chi connectivity index (χ1v) is 8.32. The Bertz CT molecular complexity index is 729. The maximum atomic E-state index is 13.2. The predicted molar refractivity (Wildman–Crippen MR) is 95.3 cm³/mol. The lowest BCUT2D eigenvalue weighted by Crippen LogP contribution is -2.50. The molecule has 0 bridgehead atoms. The molecular weight excluding hydrogens is 324 g/mol. The summed E-state index contributed by atoms with van der Waals surface area (Å²) in [5.74, 6) is 1.22. The van der Waals surface area contributed by atoms with Gasteiger partial charge in [0.2, 0.25) is 5.91 Å². The Balaban J connectivity index is 0.00000169. The molecule has 128 valence electrons. The second-order valence-electron chi connectivity index (χ2n) is 6.44. The number of aryl methyl sites for hydroxylation is 2. The second kappa shape index (κ2) is 6.95. The van der Waals surface area contributed by atoms with Crippen LogP contribution in [0.15, 0.2) is 36.7 Å². The van der Waals surface area contributed by atoms with Gasteiger partial charge in [0, 0.05) is 39.1 Å². The van der Waals surface area contributed by atoms with Gasteiger partial charge in [0.15, 0.2) is 0 Å². The molecule has 6 heteroatoms. The molecule has 2 heterocycles. The lowest BCUT2D eigenvalue weighted by atomic mass is 9.98. The molecule has 1 fully saturated rings. The summed E-state index contributed by atoms with van der Waals surface area (Å²) in [5.41, 5.74) is 2.55. The van der Waals surface area contributed by atoms with E-state index in [-0.39, 0.29) is 30.3 Å². The average molecular weight is 347 g/mol. The molecule has 1 aromatic carbocycles. The van der Waals surface area contributed by atoms with Crippen LogP contribution in [-0.4, -0.2) is 40.0 Å². The largest absolute Gasteiger partial charge is 0.336 e. The van der Waals surface area contributed by atoms with Gasteiger partial charge in [-0.25, -0.2) is 4.98 Å². The number of hydrogen-bond donors (Lipinski definition) is 1. The number of carbonyl (C=O) groups is 1. The van der Waals surface area contributed by atoms with Gasteiger partial charge in [-0.05, 0) is 24.0 Å². The zero-order valence-corrected chi connectivity index (χ0v) is 14.6. The fourth-order valence-electron chi connectivity index (χ4n) is 3.91. The number of nitrogens with one attached hydrogen (secondary N) is 1. The Morgan fingerprint density at radius 1 is 1.33 bits per heavy atom. The topological polar surface area (TPSA) is 50.2 Å². The summed E-state index contributed by atoms with van der Waals surface area (Å²) in [5, 5.41) is 3.40. The molecule has 1 N–H and O–H groups in total. The van der Waals surface area contributed by atoms with Crippen molar-refractivity contribution < 1.29 is 4.79 Å². The molecule has 1 aliphatic carbocycles. The van der Waals surface area contributed by atoms with E-state index in [9.17, 15) is 4.79 Å². The van der Waals surface area contributed by atoms with Gasteiger partial charge in [-0.15, -0.1) is 12.4 Å². The van der Waals surface area contributed by atoms with Gasteiger partial charge < -0.3 is 14.8 Å². The zero-order valence-electron chi connectivity index (χ0n) is 13.8. The molecule has 2 aliphatic rings. The molecule has 2 aromatic rings. The molecule has 0 saturated carbocycles. The zero-order chi connectivity index (χ0) is 15.8. The SMILES string of the molecule is Cl.Cn1ccnc1C1CNCCN1C(=O)C1CCc2ccccc21. The highest BCUT2D eigenvalue weighted by molar-refractivity contribution is 5.86. The van der Waals surface area contributed by atoms with Crippen molar-refractivity contribution in [3.63, 3.8) is 0 Å². The summed E-state index contributed by atoms with van der Waals surface area (Å²) < 4.78 is 2.01. The van der Waals surface area contributed by atoms with Crippen molar-refractivity contribution in [3.8, 4) is 0 Å². The number of fused-ring (bicyclic) bond motifs is 1. The Hall–Kier alpha value is -1.85. The van der Waals surface area contributed by atoms with Crippen LogP contribution in [-0.2, 0) is 18.3 Å². The second-order valence-corrected chi connectivity index (χ2v) is 6.44. The van der Waals surface area contributed by atoms with E-state index in [1.54, 1.807) is 6.20 Å². The maximum absolute atomic E-state index is 13.2. The van der Waals surface area contributed by atoms with Gasteiger partial charge >= 0.3 is 0 Å². The van der Waals surface area contributed by atoms with Crippen LogP contribution in [0.25, 0.3) is 0 Å². The molecule has 4 rings (SSSR count). The quantitative estimate of drug-likeness (QED) is 0.905. The number of carbonyl (C=O) groups excluding carboxylic acids is 1. The Kier molecular flexibility index (Phi) is 4.92. The van der Waals surface area contributed by atoms with Gasteiger partial charge in [-0.2, -0.15) is 0 Å². The molecule has 0 spiro atoms. The van der Waals surface area contributed by atoms with E-state index in [4.69, 9.17) is 0 Å². The van der Waals surface area contributed by atoms with E-state index >= 15 is 0 Å². The standard InChI is InChI=1S/C18H22N4O.ClH/c1-21-10-9-20-17(21)16-12-19-8-11-22(16)18(23)15-7-6-13-4-2-3-5-14(13)15;/h2-5,9-10,15-16,19H,6-8,11-12H2,1H3;1H. The number of nitrogens with zero attached hydrogens (tertiary/aromatic N) is 3. The highest BCUT2D eigenvalue weighted by Gasteiger charge is 2.37.